The first-order chi connectivity index (χ1) is 9.15. The van der Waals surface area contributed by atoms with Crippen molar-refractivity contribution in [3.05, 3.63) is 34.6 Å². The molecule has 0 aromatic heterocycles. The van der Waals surface area contributed by atoms with Gasteiger partial charge in [-0.15, -0.1) is 0 Å². The molecule has 1 unspecified atom stereocenters. The number of rotatable bonds is 9. The van der Waals surface area contributed by atoms with Crippen LogP contribution >= 0.6 is 11.6 Å². The summed E-state index contributed by atoms with van der Waals surface area (Å²) in [6.07, 6.45) is 7.79. The number of benzene rings is 1. The normalized spacial score (nSPS) is 12.6. The second-order valence-electron chi connectivity index (χ2n) is 5.12. The summed E-state index contributed by atoms with van der Waals surface area (Å²) in [5.41, 5.74) is 1.04. The van der Waals surface area contributed by atoms with Crippen molar-refractivity contribution < 1.29 is 4.39 Å². The van der Waals surface area contributed by atoms with E-state index in [9.17, 15) is 4.39 Å². The average molecular weight is 286 g/mol. The molecule has 0 heterocycles. The average Bonchev–Trinajstić information content (AvgIpc) is 2.40. The predicted molar refractivity (Wildman–Crippen MR) is 81.2 cm³/mol. The summed E-state index contributed by atoms with van der Waals surface area (Å²) in [5, 5.41) is 3.66. The maximum atomic E-state index is 13.1. The molecule has 19 heavy (non-hydrogen) atoms. The molecule has 1 N–H and O–H groups in total. The van der Waals surface area contributed by atoms with Gasteiger partial charge in [-0.2, -0.15) is 0 Å². The molecule has 0 bridgehead atoms. The molecule has 3 heteroatoms. The Labute approximate surface area is 121 Å². The third kappa shape index (κ3) is 6.40. The fraction of sp³-hybridized carbons (Fsp3) is 0.625. The third-order valence-electron chi connectivity index (χ3n) is 3.42. The molecule has 0 amide bonds. The second kappa shape index (κ2) is 9.33. The molecule has 0 saturated heterocycles. The minimum atomic E-state index is -0.353. The zero-order chi connectivity index (χ0) is 14.1. The first-order valence-corrected chi connectivity index (χ1v) is 7.71. The van der Waals surface area contributed by atoms with Crippen molar-refractivity contribution in [3.63, 3.8) is 0 Å². The molecule has 0 spiro atoms. The molecule has 0 saturated carbocycles. The van der Waals surface area contributed by atoms with Gasteiger partial charge in [0, 0.05) is 6.04 Å². The highest BCUT2D eigenvalue weighted by molar-refractivity contribution is 6.30. The molecule has 1 nitrogen and oxygen atoms in total. The van der Waals surface area contributed by atoms with Gasteiger partial charge in [0.1, 0.15) is 5.82 Å². The predicted octanol–water partition coefficient (Wildman–Crippen LogP) is 5.49. The lowest BCUT2D eigenvalue weighted by Crippen LogP contribution is -2.19. The summed E-state index contributed by atoms with van der Waals surface area (Å²) in [6.45, 7) is 5.32. The van der Waals surface area contributed by atoms with E-state index in [1.165, 1.54) is 44.6 Å². The molecule has 0 aliphatic carbocycles. The number of hydrogen-bond acceptors (Lipinski definition) is 1. The Morgan fingerprint density at radius 3 is 2.53 bits per heavy atom. The molecule has 108 valence electrons. The van der Waals surface area contributed by atoms with Crippen LogP contribution in [0.15, 0.2) is 18.2 Å². The summed E-state index contributed by atoms with van der Waals surface area (Å²) in [4.78, 5) is 0. The third-order valence-corrected chi connectivity index (χ3v) is 3.71. The molecular weight excluding hydrogens is 261 g/mol. The van der Waals surface area contributed by atoms with E-state index < -0.39 is 0 Å². The molecule has 0 aliphatic heterocycles. The van der Waals surface area contributed by atoms with E-state index in [4.69, 9.17) is 11.6 Å². The molecule has 0 aliphatic rings. The smallest absolute Gasteiger partial charge is 0.141 e. The van der Waals surface area contributed by atoms with Gasteiger partial charge in [-0.25, -0.2) is 4.39 Å². The van der Waals surface area contributed by atoms with Crippen LogP contribution in [0.25, 0.3) is 0 Å². The summed E-state index contributed by atoms with van der Waals surface area (Å²) in [6, 6.07) is 5.14. The van der Waals surface area contributed by atoms with Gasteiger partial charge < -0.3 is 5.32 Å². The van der Waals surface area contributed by atoms with Crippen molar-refractivity contribution in [2.75, 3.05) is 6.54 Å². The molecular formula is C16H25ClFN. The van der Waals surface area contributed by atoms with E-state index in [0.717, 1.165) is 12.1 Å². The number of hydrogen-bond donors (Lipinski definition) is 1. The van der Waals surface area contributed by atoms with Gasteiger partial charge in [0.2, 0.25) is 0 Å². The van der Waals surface area contributed by atoms with Crippen molar-refractivity contribution >= 4 is 11.6 Å². The SMILES string of the molecule is CCCCCCCCNC(C)c1ccc(F)c(Cl)c1. The van der Waals surface area contributed by atoms with E-state index in [1.807, 2.05) is 0 Å². The molecule has 1 rings (SSSR count). The Morgan fingerprint density at radius 1 is 1.16 bits per heavy atom. The van der Waals surface area contributed by atoms with Gasteiger partial charge in [0.05, 0.1) is 5.02 Å². The van der Waals surface area contributed by atoms with Crippen LogP contribution < -0.4 is 5.32 Å². The van der Waals surface area contributed by atoms with Gasteiger partial charge in [-0.3, -0.25) is 0 Å². The second-order valence-corrected chi connectivity index (χ2v) is 5.52. The maximum absolute atomic E-state index is 13.1. The van der Waals surface area contributed by atoms with E-state index in [1.54, 1.807) is 12.1 Å². The Hall–Kier alpha value is -0.600. The zero-order valence-corrected chi connectivity index (χ0v) is 12.8. The first kappa shape index (κ1) is 16.5. The lowest BCUT2D eigenvalue weighted by atomic mass is 10.1. The fourth-order valence-corrected chi connectivity index (χ4v) is 2.31. The largest absolute Gasteiger partial charge is 0.310 e. The van der Waals surface area contributed by atoms with Crippen molar-refractivity contribution in [1.82, 2.24) is 5.32 Å². The highest BCUT2D eigenvalue weighted by Crippen LogP contribution is 2.20. The van der Waals surface area contributed by atoms with Crippen LogP contribution in [0.1, 0.15) is 64.0 Å². The van der Waals surface area contributed by atoms with Crippen LogP contribution in [0.3, 0.4) is 0 Å². The quantitative estimate of drug-likeness (QED) is 0.592. The van der Waals surface area contributed by atoms with E-state index in [-0.39, 0.29) is 16.9 Å². The highest BCUT2D eigenvalue weighted by atomic mass is 35.5. The Bertz CT molecular complexity index is 368. The minimum absolute atomic E-state index is 0.200. The molecule has 0 fully saturated rings. The summed E-state index contributed by atoms with van der Waals surface area (Å²) in [5.74, 6) is -0.353. The van der Waals surface area contributed by atoms with Gasteiger partial charge in [0.25, 0.3) is 0 Å². The van der Waals surface area contributed by atoms with Crippen molar-refractivity contribution in [2.24, 2.45) is 0 Å². The van der Waals surface area contributed by atoms with Crippen molar-refractivity contribution in [2.45, 2.75) is 58.4 Å². The van der Waals surface area contributed by atoms with Gasteiger partial charge in [-0.05, 0) is 37.6 Å². The van der Waals surface area contributed by atoms with Crippen LogP contribution in [-0.4, -0.2) is 6.54 Å². The van der Waals surface area contributed by atoms with E-state index in [2.05, 4.69) is 19.2 Å². The summed E-state index contributed by atoms with van der Waals surface area (Å²) >= 11 is 5.79. The summed E-state index contributed by atoms with van der Waals surface area (Å²) in [7, 11) is 0. The van der Waals surface area contributed by atoms with Crippen LogP contribution in [0.5, 0.6) is 0 Å². The number of nitrogens with one attached hydrogen (secondary N) is 1. The van der Waals surface area contributed by atoms with Crippen LogP contribution in [0.4, 0.5) is 4.39 Å². The number of unbranched alkanes of at least 4 members (excludes halogenated alkanes) is 5. The molecule has 0 radical (unpaired) electrons. The lowest BCUT2D eigenvalue weighted by molar-refractivity contribution is 0.526. The lowest BCUT2D eigenvalue weighted by Gasteiger charge is -2.14. The number of halogens is 2. The van der Waals surface area contributed by atoms with Gasteiger partial charge in [-0.1, -0.05) is 56.7 Å². The first-order valence-electron chi connectivity index (χ1n) is 7.33. The standard InChI is InChI=1S/C16H25ClFN/c1-3-4-5-6-7-8-11-19-13(2)14-9-10-16(18)15(17)12-14/h9-10,12-13,19H,3-8,11H2,1-2H3. The Kier molecular flexibility index (Phi) is 8.08. The fourth-order valence-electron chi connectivity index (χ4n) is 2.12. The molecule has 1 aromatic rings. The van der Waals surface area contributed by atoms with Gasteiger partial charge in [0.15, 0.2) is 0 Å². The van der Waals surface area contributed by atoms with Crippen molar-refractivity contribution in [1.29, 1.82) is 0 Å². The minimum Gasteiger partial charge on any atom is -0.310 e. The Balaban J connectivity index is 2.20. The topological polar surface area (TPSA) is 12.0 Å². The van der Waals surface area contributed by atoms with Crippen molar-refractivity contribution in [3.8, 4) is 0 Å². The van der Waals surface area contributed by atoms with Crippen LogP contribution in [-0.2, 0) is 0 Å². The summed E-state index contributed by atoms with van der Waals surface area (Å²) < 4.78 is 13.1. The van der Waals surface area contributed by atoms with E-state index >= 15 is 0 Å². The molecule has 1 atom stereocenters. The van der Waals surface area contributed by atoms with Gasteiger partial charge >= 0.3 is 0 Å². The van der Waals surface area contributed by atoms with Crippen LogP contribution in [0, 0.1) is 5.82 Å². The Morgan fingerprint density at radius 2 is 1.84 bits per heavy atom. The molecule has 1 aromatic carbocycles. The monoisotopic (exact) mass is 285 g/mol. The van der Waals surface area contributed by atoms with Crippen LogP contribution in [0.2, 0.25) is 5.02 Å². The van der Waals surface area contributed by atoms with E-state index in [0.29, 0.717) is 0 Å². The highest BCUT2D eigenvalue weighted by Gasteiger charge is 2.07. The maximum Gasteiger partial charge on any atom is 0.141 e. The zero-order valence-electron chi connectivity index (χ0n) is 12.0.